The van der Waals surface area contributed by atoms with Crippen molar-refractivity contribution in [2.75, 3.05) is 36.0 Å². The summed E-state index contributed by atoms with van der Waals surface area (Å²) in [7, 11) is 0. The lowest BCUT2D eigenvalue weighted by atomic mass is 10.0. The number of carbonyl (C=O) groups is 1. The number of Topliss-reactive ketones (excluding diaryl/α,β-unsaturated/α-hetero) is 1. The van der Waals surface area contributed by atoms with Crippen LogP contribution in [0.2, 0.25) is 0 Å². The lowest BCUT2D eigenvalue weighted by molar-refractivity contribution is 0.105. The second kappa shape index (κ2) is 9.70. The van der Waals surface area contributed by atoms with Gasteiger partial charge in [0.15, 0.2) is 0 Å². The Hall–Kier alpha value is -4.26. The Balaban J connectivity index is 1.46. The molecular weight excluding hydrogens is 429 g/mol. The normalized spacial score (nSPS) is 14.3. The first-order valence-electron chi connectivity index (χ1n) is 11.2. The smallest absolute Gasteiger partial charge is 0.213 e. The van der Waals surface area contributed by atoms with Crippen LogP contribution in [0, 0.1) is 5.82 Å². The molecule has 7 heteroatoms. The maximum atomic E-state index is 14.3. The summed E-state index contributed by atoms with van der Waals surface area (Å²) in [6.45, 7) is 2.92. The molecule has 1 fully saturated rings. The lowest BCUT2D eigenvalue weighted by Gasteiger charge is -2.38. The van der Waals surface area contributed by atoms with Crippen LogP contribution >= 0.6 is 0 Å². The second-order valence-electron chi connectivity index (χ2n) is 8.08. The number of benzene rings is 3. The van der Waals surface area contributed by atoms with Crippen LogP contribution in [-0.2, 0) is 0 Å². The third kappa shape index (κ3) is 4.59. The van der Waals surface area contributed by atoms with E-state index in [2.05, 4.69) is 32.0 Å². The summed E-state index contributed by atoms with van der Waals surface area (Å²) < 4.78 is 15.8. The molecule has 1 aliphatic rings. The molecule has 1 aliphatic heterocycles. The summed E-state index contributed by atoms with van der Waals surface area (Å²) in [5.41, 5.74) is 3.40. The highest BCUT2D eigenvalue weighted by atomic mass is 19.1. The quantitative estimate of drug-likeness (QED) is 0.315. The Morgan fingerprint density at radius 3 is 2.21 bits per heavy atom. The average molecular weight is 454 g/mol. The summed E-state index contributed by atoms with van der Waals surface area (Å²) in [6, 6.07) is 24.1. The molecule has 5 rings (SSSR count). The Morgan fingerprint density at radius 1 is 0.853 bits per heavy atom. The van der Waals surface area contributed by atoms with Gasteiger partial charge in [-0.25, -0.2) is 14.1 Å². The molecule has 1 saturated heterocycles. The van der Waals surface area contributed by atoms with Crippen molar-refractivity contribution in [2.45, 2.75) is 0 Å². The zero-order valence-corrected chi connectivity index (χ0v) is 18.6. The molecule has 0 bridgehead atoms. The zero-order chi connectivity index (χ0) is 23.3. The van der Waals surface area contributed by atoms with E-state index in [1.165, 1.54) is 29.5 Å². The number of halogens is 1. The van der Waals surface area contributed by atoms with E-state index < -0.39 is 0 Å². The van der Waals surface area contributed by atoms with Crippen molar-refractivity contribution < 1.29 is 9.18 Å². The number of anilines is 2. The van der Waals surface area contributed by atoms with Crippen LogP contribution in [0.5, 0.6) is 0 Å². The van der Waals surface area contributed by atoms with E-state index in [-0.39, 0.29) is 11.6 Å². The van der Waals surface area contributed by atoms with Crippen LogP contribution < -0.4 is 9.80 Å². The molecule has 0 aliphatic carbocycles. The SMILES string of the molecule is O=C(/C(=C/c1ccccc1)n1cncn1)c1ccc(F)cc1N1CCN(c2ccccc2)CC1. The van der Waals surface area contributed by atoms with Crippen molar-refractivity contribution in [1.82, 2.24) is 14.8 Å². The number of carbonyl (C=O) groups excluding carboxylic acids is 1. The van der Waals surface area contributed by atoms with Gasteiger partial charge in [0, 0.05) is 37.4 Å². The van der Waals surface area contributed by atoms with Crippen molar-refractivity contribution >= 4 is 28.9 Å². The van der Waals surface area contributed by atoms with Crippen LogP contribution in [0.4, 0.5) is 15.8 Å². The topological polar surface area (TPSA) is 54.3 Å². The number of rotatable bonds is 6. The molecule has 6 nitrogen and oxygen atoms in total. The van der Waals surface area contributed by atoms with Crippen LogP contribution in [0.25, 0.3) is 11.8 Å². The van der Waals surface area contributed by atoms with Gasteiger partial charge in [0.25, 0.3) is 0 Å². The molecule has 1 aromatic heterocycles. The fourth-order valence-corrected chi connectivity index (χ4v) is 4.22. The minimum Gasteiger partial charge on any atom is -0.368 e. The highest BCUT2D eigenvalue weighted by molar-refractivity contribution is 6.29. The van der Waals surface area contributed by atoms with Crippen LogP contribution in [0.3, 0.4) is 0 Å². The summed E-state index contributed by atoms with van der Waals surface area (Å²) in [6.07, 6.45) is 4.66. The Morgan fingerprint density at radius 2 is 1.53 bits per heavy atom. The molecule has 0 N–H and O–H groups in total. The maximum absolute atomic E-state index is 14.3. The highest BCUT2D eigenvalue weighted by Gasteiger charge is 2.25. The maximum Gasteiger partial charge on any atom is 0.213 e. The number of para-hydroxylation sites is 1. The van der Waals surface area contributed by atoms with E-state index in [9.17, 15) is 9.18 Å². The van der Waals surface area contributed by atoms with Crippen LogP contribution in [0.15, 0.2) is 91.5 Å². The molecule has 34 heavy (non-hydrogen) atoms. The Kier molecular flexibility index (Phi) is 6.16. The van der Waals surface area contributed by atoms with Gasteiger partial charge in [0.2, 0.25) is 5.78 Å². The van der Waals surface area contributed by atoms with Crippen LogP contribution in [-0.4, -0.2) is 46.7 Å². The van der Waals surface area contributed by atoms with Gasteiger partial charge in [-0.05, 0) is 42.0 Å². The zero-order valence-electron chi connectivity index (χ0n) is 18.6. The molecule has 0 atom stereocenters. The largest absolute Gasteiger partial charge is 0.368 e. The molecule has 0 unspecified atom stereocenters. The van der Waals surface area contributed by atoms with E-state index in [1.54, 1.807) is 12.1 Å². The molecule has 0 amide bonds. The highest BCUT2D eigenvalue weighted by Crippen LogP contribution is 2.28. The molecular formula is C27H24FN5O. The van der Waals surface area contributed by atoms with Crippen molar-refractivity contribution in [3.63, 3.8) is 0 Å². The number of aromatic nitrogens is 3. The number of hydrogen-bond acceptors (Lipinski definition) is 5. The first kappa shape index (κ1) is 21.6. The van der Waals surface area contributed by atoms with Crippen molar-refractivity contribution in [3.8, 4) is 0 Å². The summed E-state index contributed by atoms with van der Waals surface area (Å²) in [4.78, 5) is 22.2. The monoisotopic (exact) mass is 453 g/mol. The predicted molar refractivity (Wildman–Crippen MR) is 132 cm³/mol. The van der Waals surface area contributed by atoms with E-state index in [0.29, 0.717) is 30.0 Å². The standard InChI is InChI=1S/C27H24FN5O/c28-22-11-12-24(25(18-22)32-15-13-31(14-16-32)23-9-5-2-6-10-23)27(34)26(33-20-29-19-30-33)17-21-7-3-1-4-8-21/h1-12,17-20H,13-16H2/b26-17-. The Bertz CT molecular complexity index is 1280. The lowest BCUT2D eigenvalue weighted by Crippen LogP contribution is -2.47. The fourth-order valence-electron chi connectivity index (χ4n) is 4.22. The van der Waals surface area contributed by atoms with Gasteiger partial charge in [-0.3, -0.25) is 4.79 Å². The number of allylic oxidation sites excluding steroid dienone is 1. The van der Waals surface area contributed by atoms with E-state index in [1.807, 2.05) is 48.5 Å². The predicted octanol–water partition coefficient (Wildman–Crippen LogP) is 4.62. The van der Waals surface area contributed by atoms with Gasteiger partial charge in [-0.2, -0.15) is 5.10 Å². The molecule has 0 spiro atoms. The minimum absolute atomic E-state index is 0.241. The molecule has 2 heterocycles. The first-order chi connectivity index (χ1) is 16.7. The molecule has 0 saturated carbocycles. The van der Waals surface area contributed by atoms with Crippen LogP contribution in [0.1, 0.15) is 15.9 Å². The third-order valence-corrected chi connectivity index (χ3v) is 5.95. The van der Waals surface area contributed by atoms with E-state index in [4.69, 9.17) is 0 Å². The van der Waals surface area contributed by atoms with Crippen molar-refractivity contribution in [3.05, 3.63) is 108 Å². The summed E-state index contributed by atoms with van der Waals surface area (Å²) in [5, 5.41) is 4.18. The molecule has 0 radical (unpaired) electrons. The van der Waals surface area contributed by atoms with Crippen molar-refractivity contribution in [2.24, 2.45) is 0 Å². The second-order valence-corrected chi connectivity index (χ2v) is 8.08. The van der Waals surface area contributed by atoms with E-state index >= 15 is 0 Å². The Labute approximate surface area is 197 Å². The molecule has 4 aromatic rings. The summed E-state index contributed by atoms with van der Waals surface area (Å²) in [5.74, 6) is -0.610. The minimum atomic E-state index is -0.369. The molecule has 170 valence electrons. The van der Waals surface area contributed by atoms with Gasteiger partial charge < -0.3 is 9.80 Å². The number of nitrogens with zero attached hydrogens (tertiary/aromatic N) is 5. The fraction of sp³-hybridized carbons (Fsp3) is 0.148. The average Bonchev–Trinajstić information content (AvgIpc) is 3.43. The molecule has 3 aromatic carbocycles. The van der Waals surface area contributed by atoms with Crippen molar-refractivity contribution in [1.29, 1.82) is 0 Å². The van der Waals surface area contributed by atoms with Gasteiger partial charge in [-0.15, -0.1) is 0 Å². The van der Waals surface area contributed by atoms with Gasteiger partial charge in [0.1, 0.15) is 24.2 Å². The third-order valence-electron chi connectivity index (χ3n) is 5.95. The van der Waals surface area contributed by atoms with E-state index in [0.717, 1.165) is 24.3 Å². The van der Waals surface area contributed by atoms with Gasteiger partial charge in [0.05, 0.1) is 5.69 Å². The number of hydrogen-bond donors (Lipinski definition) is 0. The number of ketones is 1. The van der Waals surface area contributed by atoms with Gasteiger partial charge >= 0.3 is 0 Å². The first-order valence-corrected chi connectivity index (χ1v) is 11.2. The number of piperazine rings is 1. The summed E-state index contributed by atoms with van der Waals surface area (Å²) >= 11 is 0. The van der Waals surface area contributed by atoms with Gasteiger partial charge in [-0.1, -0.05) is 48.5 Å².